The van der Waals surface area contributed by atoms with Crippen LogP contribution in [0.3, 0.4) is 0 Å². The fourth-order valence-electron chi connectivity index (χ4n) is 2.65. The first-order chi connectivity index (χ1) is 12.0. The van der Waals surface area contributed by atoms with Crippen LogP contribution < -0.4 is 5.48 Å². The summed E-state index contributed by atoms with van der Waals surface area (Å²) in [5.74, 6) is -2.33. The summed E-state index contributed by atoms with van der Waals surface area (Å²) < 4.78 is 24.2. The number of halogens is 1. The zero-order valence-electron chi connectivity index (χ0n) is 15.2. The van der Waals surface area contributed by atoms with Crippen LogP contribution in [-0.2, 0) is 23.9 Å². The average molecular weight is 357 g/mol. The van der Waals surface area contributed by atoms with Crippen LogP contribution >= 0.6 is 0 Å². The molecule has 7 heteroatoms. The lowest BCUT2D eigenvalue weighted by molar-refractivity contribution is -0.175. The first kappa shape index (κ1) is 21.2. The molecule has 0 amide bonds. The summed E-state index contributed by atoms with van der Waals surface area (Å²) in [5, 5.41) is 0. The number of rotatable bonds is 12. The molecule has 0 aliphatic heterocycles. The Morgan fingerprint density at radius 2 is 1.76 bits per heavy atom. The molecule has 0 bridgehead atoms. The van der Waals surface area contributed by atoms with Gasteiger partial charge in [-0.2, -0.15) is 0 Å². The molecule has 0 saturated carbocycles. The van der Waals surface area contributed by atoms with E-state index in [1.165, 1.54) is 0 Å². The maximum absolute atomic E-state index is 14.8. The second-order valence-corrected chi connectivity index (χ2v) is 5.69. The second-order valence-electron chi connectivity index (χ2n) is 5.69. The number of alkyl halides is 1. The molecule has 25 heavy (non-hydrogen) atoms. The number of hydrogen-bond donors (Lipinski definition) is 1. The van der Waals surface area contributed by atoms with E-state index in [4.69, 9.17) is 14.3 Å². The van der Waals surface area contributed by atoms with Gasteiger partial charge in [0.05, 0.1) is 26.0 Å². The van der Waals surface area contributed by atoms with Crippen LogP contribution in [-0.4, -0.2) is 37.9 Å². The van der Waals surface area contributed by atoms with Crippen molar-refractivity contribution in [3.05, 3.63) is 23.4 Å². The molecule has 0 heterocycles. The summed E-state index contributed by atoms with van der Waals surface area (Å²) in [4.78, 5) is 28.6. The molecule has 0 unspecified atom stereocenters. The Kier molecular flexibility index (Phi) is 9.20. The normalized spacial score (nSPS) is 13.9. The Morgan fingerprint density at radius 3 is 2.32 bits per heavy atom. The molecule has 0 atom stereocenters. The number of nitrogens with one attached hydrogen (secondary N) is 1. The summed E-state index contributed by atoms with van der Waals surface area (Å²) >= 11 is 0. The van der Waals surface area contributed by atoms with Gasteiger partial charge in [0.25, 0.3) is 0 Å². The number of hydrogen-bond acceptors (Lipinski definition) is 6. The van der Waals surface area contributed by atoms with E-state index in [1.807, 2.05) is 6.08 Å². The molecule has 1 aliphatic rings. The van der Waals surface area contributed by atoms with E-state index >= 15 is 0 Å². The molecule has 0 radical (unpaired) electrons. The van der Waals surface area contributed by atoms with Gasteiger partial charge in [0.1, 0.15) is 0 Å². The van der Waals surface area contributed by atoms with Crippen LogP contribution in [0.25, 0.3) is 0 Å². The molecule has 0 aromatic rings. The van der Waals surface area contributed by atoms with Crippen molar-refractivity contribution in [1.82, 2.24) is 5.48 Å². The fraction of sp³-hybridized carbons (Fsp3) is 0.667. The minimum Gasteiger partial charge on any atom is -0.463 e. The van der Waals surface area contributed by atoms with E-state index in [0.717, 1.165) is 30.5 Å². The van der Waals surface area contributed by atoms with Gasteiger partial charge >= 0.3 is 17.6 Å². The number of unbranched alkanes of at least 4 members (excludes halogenated alkanes) is 2. The van der Waals surface area contributed by atoms with Crippen molar-refractivity contribution in [2.45, 2.75) is 58.0 Å². The molecule has 142 valence electrons. The summed E-state index contributed by atoms with van der Waals surface area (Å²) in [6, 6.07) is 0. The van der Waals surface area contributed by atoms with E-state index in [2.05, 4.69) is 11.6 Å². The minimum absolute atomic E-state index is 0.0136. The largest absolute Gasteiger partial charge is 0.463 e. The standard InChI is InChI=1S/C18H28FNO5/c1-4-24-16(21)18(19,17(22)25-5-2)13-8-6-7-10-14-11-9-12-15(14)20-23-3/h11-12,20H,4-10,13H2,1-3H3. The van der Waals surface area contributed by atoms with Crippen LogP contribution in [0.1, 0.15) is 52.4 Å². The molecule has 1 N–H and O–H groups in total. The molecular formula is C18H28FNO5. The van der Waals surface area contributed by atoms with Gasteiger partial charge in [-0.1, -0.05) is 18.6 Å². The molecule has 6 nitrogen and oxygen atoms in total. The second kappa shape index (κ2) is 10.9. The number of hydroxylamine groups is 1. The zero-order chi connectivity index (χ0) is 18.7. The maximum Gasteiger partial charge on any atom is 0.355 e. The molecular weight excluding hydrogens is 329 g/mol. The van der Waals surface area contributed by atoms with Crippen LogP contribution in [0.15, 0.2) is 23.4 Å². The third-order valence-corrected chi connectivity index (χ3v) is 3.91. The van der Waals surface area contributed by atoms with E-state index < -0.39 is 17.6 Å². The smallest absolute Gasteiger partial charge is 0.355 e. The first-order valence-corrected chi connectivity index (χ1v) is 8.71. The Balaban J connectivity index is 2.45. The minimum atomic E-state index is -2.72. The quantitative estimate of drug-likeness (QED) is 0.250. The number of ether oxygens (including phenoxy) is 2. The van der Waals surface area contributed by atoms with Gasteiger partial charge in [0, 0.05) is 6.42 Å². The third kappa shape index (κ3) is 6.16. The van der Waals surface area contributed by atoms with Gasteiger partial charge in [0.2, 0.25) is 0 Å². The van der Waals surface area contributed by atoms with Crippen molar-refractivity contribution in [2.75, 3.05) is 20.3 Å². The Hall–Kier alpha value is -1.89. The van der Waals surface area contributed by atoms with Gasteiger partial charge in [-0.05, 0) is 45.1 Å². The number of esters is 2. The van der Waals surface area contributed by atoms with Crippen LogP contribution in [0, 0.1) is 0 Å². The zero-order valence-corrected chi connectivity index (χ0v) is 15.2. The van der Waals surface area contributed by atoms with Crippen LogP contribution in [0.5, 0.6) is 0 Å². The summed E-state index contributed by atoms with van der Waals surface area (Å²) in [7, 11) is 1.56. The number of allylic oxidation sites excluding steroid dienone is 3. The van der Waals surface area contributed by atoms with Crippen molar-refractivity contribution in [3.8, 4) is 0 Å². The average Bonchev–Trinajstić information content (AvgIpc) is 3.02. The van der Waals surface area contributed by atoms with Crippen molar-refractivity contribution in [1.29, 1.82) is 0 Å². The summed E-state index contributed by atoms with van der Waals surface area (Å²) in [5.41, 5.74) is 2.22. The maximum atomic E-state index is 14.8. The first-order valence-electron chi connectivity index (χ1n) is 8.71. The van der Waals surface area contributed by atoms with Gasteiger partial charge < -0.3 is 9.47 Å². The lowest BCUT2D eigenvalue weighted by Gasteiger charge is -2.21. The molecule has 0 fully saturated rings. The predicted octanol–water partition coefficient (Wildman–Crippen LogP) is 3.14. The van der Waals surface area contributed by atoms with E-state index in [-0.39, 0.29) is 19.6 Å². The van der Waals surface area contributed by atoms with Crippen molar-refractivity contribution in [3.63, 3.8) is 0 Å². The highest BCUT2D eigenvalue weighted by atomic mass is 19.1. The Morgan fingerprint density at radius 1 is 1.12 bits per heavy atom. The van der Waals surface area contributed by atoms with E-state index in [9.17, 15) is 14.0 Å². The lowest BCUT2D eigenvalue weighted by atomic mass is 9.96. The molecule has 0 spiro atoms. The predicted molar refractivity (Wildman–Crippen MR) is 91.1 cm³/mol. The highest BCUT2D eigenvalue weighted by molar-refractivity contribution is 6.03. The molecule has 0 aromatic carbocycles. The van der Waals surface area contributed by atoms with Crippen molar-refractivity contribution in [2.24, 2.45) is 0 Å². The highest BCUT2D eigenvalue weighted by Gasteiger charge is 2.49. The highest BCUT2D eigenvalue weighted by Crippen LogP contribution is 2.26. The van der Waals surface area contributed by atoms with E-state index in [1.54, 1.807) is 21.0 Å². The molecule has 0 aromatic heterocycles. The van der Waals surface area contributed by atoms with Gasteiger partial charge in [-0.3, -0.25) is 10.3 Å². The topological polar surface area (TPSA) is 73.9 Å². The fourth-order valence-corrected chi connectivity index (χ4v) is 2.65. The van der Waals surface area contributed by atoms with E-state index in [0.29, 0.717) is 12.8 Å². The molecule has 1 aliphatic carbocycles. The SMILES string of the molecule is CCOC(=O)C(F)(CCCCCC1=CCC=C1NOC)C(=O)OCC. The summed E-state index contributed by atoms with van der Waals surface area (Å²) in [6.45, 7) is 3.16. The lowest BCUT2D eigenvalue weighted by Crippen LogP contribution is -2.45. The van der Waals surface area contributed by atoms with Crippen LogP contribution in [0.2, 0.25) is 0 Å². The monoisotopic (exact) mass is 357 g/mol. The van der Waals surface area contributed by atoms with Gasteiger partial charge in [0.15, 0.2) is 0 Å². The van der Waals surface area contributed by atoms with Gasteiger partial charge in [-0.25, -0.2) is 14.0 Å². The van der Waals surface area contributed by atoms with Crippen molar-refractivity contribution < 1.29 is 28.3 Å². The van der Waals surface area contributed by atoms with Crippen molar-refractivity contribution >= 4 is 11.9 Å². The van der Waals surface area contributed by atoms with Gasteiger partial charge in [-0.15, -0.1) is 0 Å². The Bertz CT molecular complexity index is 498. The van der Waals surface area contributed by atoms with Crippen LogP contribution in [0.4, 0.5) is 4.39 Å². The Labute approximate surface area is 148 Å². The summed E-state index contributed by atoms with van der Waals surface area (Å²) in [6.07, 6.45) is 7.48. The third-order valence-electron chi connectivity index (χ3n) is 3.91. The molecule has 0 saturated heterocycles. The molecule has 1 rings (SSSR count). The number of carbonyl (C=O) groups is 2. The number of carbonyl (C=O) groups excluding carboxylic acids is 2.